The molecule has 1 aliphatic rings. The van der Waals surface area contributed by atoms with Gasteiger partial charge < -0.3 is 15.5 Å². The summed E-state index contributed by atoms with van der Waals surface area (Å²) >= 11 is 3.40. The lowest BCUT2D eigenvalue weighted by Crippen LogP contribution is -2.17. The highest BCUT2D eigenvalue weighted by Crippen LogP contribution is 2.22. The Morgan fingerprint density at radius 1 is 1.04 bits per heavy atom. The van der Waals surface area contributed by atoms with Crippen LogP contribution in [0.1, 0.15) is 19.3 Å². The lowest BCUT2D eigenvalue weighted by Gasteiger charge is -2.18. The van der Waals surface area contributed by atoms with Gasteiger partial charge >= 0.3 is 0 Å². The molecule has 0 saturated carbocycles. The summed E-state index contributed by atoms with van der Waals surface area (Å²) in [7, 11) is 0. The number of amides is 1. The number of hydrogen-bond donors (Lipinski definition) is 2. The molecular weight excluding hydrogens is 366 g/mol. The van der Waals surface area contributed by atoms with E-state index < -0.39 is 0 Å². The van der Waals surface area contributed by atoms with Crippen molar-refractivity contribution in [3.63, 3.8) is 0 Å². The molecule has 2 N–H and O–H groups in total. The second-order valence-electron chi connectivity index (χ2n) is 5.98. The molecule has 126 valence electrons. The monoisotopic (exact) mass is 387 g/mol. The van der Waals surface area contributed by atoms with E-state index >= 15 is 0 Å². The molecule has 0 bridgehead atoms. The number of hydrogen-bond acceptors (Lipinski definition) is 3. The van der Waals surface area contributed by atoms with Crippen LogP contribution in [0.3, 0.4) is 0 Å². The van der Waals surface area contributed by atoms with Gasteiger partial charge in [0.05, 0.1) is 0 Å². The average Bonchev–Trinajstić information content (AvgIpc) is 3.10. The third-order valence-electron chi connectivity index (χ3n) is 4.13. The summed E-state index contributed by atoms with van der Waals surface area (Å²) in [5.41, 5.74) is 3.14. The van der Waals surface area contributed by atoms with E-state index in [-0.39, 0.29) is 5.91 Å². The normalized spacial score (nSPS) is 13.8. The Labute approximate surface area is 151 Å². The van der Waals surface area contributed by atoms with Crippen LogP contribution in [0, 0.1) is 0 Å². The SMILES string of the molecule is O=C(CCNc1ccc(N2CCCC2)cc1)Nc1cccc(Br)c1. The maximum atomic E-state index is 12.0. The van der Waals surface area contributed by atoms with Crippen molar-refractivity contribution in [3.05, 3.63) is 53.0 Å². The number of rotatable bonds is 6. The maximum Gasteiger partial charge on any atom is 0.226 e. The molecular formula is C19H22BrN3O. The van der Waals surface area contributed by atoms with Crippen LogP contribution in [0.25, 0.3) is 0 Å². The first-order valence-electron chi connectivity index (χ1n) is 8.35. The van der Waals surface area contributed by atoms with Crippen molar-refractivity contribution in [1.29, 1.82) is 0 Å². The van der Waals surface area contributed by atoms with Crippen LogP contribution in [-0.2, 0) is 4.79 Å². The molecule has 1 heterocycles. The van der Waals surface area contributed by atoms with Gasteiger partial charge in [0.25, 0.3) is 0 Å². The summed E-state index contributed by atoms with van der Waals surface area (Å²) in [4.78, 5) is 14.4. The van der Waals surface area contributed by atoms with E-state index in [2.05, 4.69) is 55.7 Å². The van der Waals surface area contributed by atoms with Crippen molar-refractivity contribution in [1.82, 2.24) is 0 Å². The van der Waals surface area contributed by atoms with E-state index in [4.69, 9.17) is 0 Å². The molecule has 0 aromatic heterocycles. The summed E-state index contributed by atoms with van der Waals surface area (Å²) in [6.07, 6.45) is 3.00. The summed E-state index contributed by atoms with van der Waals surface area (Å²) in [6.45, 7) is 2.92. The minimum Gasteiger partial charge on any atom is -0.385 e. The van der Waals surface area contributed by atoms with Crippen LogP contribution in [-0.4, -0.2) is 25.5 Å². The molecule has 2 aromatic carbocycles. The van der Waals surface area contributed by atoms with Gasteiger partial charge in [0, 0.05) is 47.6 Å². The summed E-state index contributed by atoms with van der Waals surface area (Å²) < 4.78 is 0.955. The van der Waals surface area contributed by atoms with Gasteiger partial charge in [0.15, 0.2) is 0 Å². The van der Waals surface area contributed by atoms with Crippen molar-refractivity contribution in [3.8, 4) is 0 Å². The second-order valence-corrected chi connectivity index (χ2v) is 6.89. The van der Waals surface area contributed by atoms with E-state index in [9.17, 15) is 4.79 Å². The third kappa shape index (κ3) is 4.74. The van der Waals surface area contributed by atoms with Gasteiger partial charge in [-0.15, -0.1) is 0 Å². The molecule has 0 spiro atoms. The number of benzene rings is 2. The molecule has 1 fully saturated rings. The Balaban J connectivity index is 1.43. The smallest absolute Gasteiger partial charge is 0.226 e. The highest BCUT2D eigenvalue weighted by molar-refractivity contribution is 9.10. The molecule has 0 radical (unpaired) electrons. The summed E-state index contributed by atoms with van der Waals surface area (Å²) in [6, 6.07) is 16.1. The number of halogens is 1. The molecule has 0 aliphatic carbocycles. The fourth-order valence-corrected chi connectivity index (χ4v) is 3.27. The topological polar surface area (TPSA) is 44.4 Å². The van der Waals surface area contributed by atoms with Crippen molar-refractivity contribution >= 4 is 38.9 Å². The molecule has 3 rings (SSSR count). The van der Waals surface area contributed by atoms with E-state index in [1.807, 2.05) is 24.3 Å². The van der Waals surface area contributed by atoms with Crippen LogP contribution in [0.15, 0.2) is 53.0 Å². The van der Waals surface area contributed by atoms with Crippen molar-refractivity contribution in [2.75, 3.05) is 35.2 Å². The fraction of sp³-hybridized carbons (Fsp3) is 0.316. The second kappa shape index (κ2) is 8.20. The first kappa shape index (κ1) is 16.8. The number of nitrogens with zero attached hydrogens (tertiary/aromatic N) is 1. The van der Waals surface area contributed by atoms with Crippen LogP contribution in [0.4, 0.5) is 17.1 Å². The van der Waals surface area contributed by atoms with Crippen molar-refractivity contribution in [2.24, 2.45) is 0 Å². The van der Waals surface area contributed by atoms with Gasteiger partial charge in [-0.3, -0.25) is 4.79 Å². The highest BCUT2D eigenvalue weighted by atomic mass is 79.9. The van der Waals surface area contributed by atoms with E-state index in [1.54, 1.807) is 0 Å². The van der Waals surface area contributed by atoms with Gasteiger partial charge in [0.2, 0.25) is 5.91 Å². The Morgan fingerprint density at radius 3 is 2.50 bits per heavy atom. The Bertz CT molecular complexity index is 681. The molecule has 0 unspecified atom stereocenters. The zero-order chi connectivity index (χ0) is 16.8. The number of carbonyl (C=O) groups excluding carboxylic acids is 1. The van der Waals surface area contributed by atoms with E-state index in [1.165, 1.54) is 18.5 Å². The van der Waals surface area contributed by atoms with E-state index in [0.717, 1.165) is 28.9 Å². The minimum absolute atomic E-state index is 0.00860. The zero-order valence-electron chi connectivity index (χ0n) is 13.6. The number of anilines is 3. The van der Waals surface area contributed by atoms with Crippen LogP contribution in [0.2, 0.25) is 0 Å². The highest BCUT2D eigenvalue weighted by Gasteiger charge is 2.11. The van der Waals surface area contributed by atoms with Gasteiger partial charge in [-0.25, -0.2) is 0 Å². The van der Waals surface area contributed by atoms with Gasteiger partial charge in [-0.05, 0) is 55.3 Å². The van der Waals surface area contributed by atoms with Gasteiger partial charge in [-0.2, -0.15) is 0 Å². The molecule has 2 aromatic rings. The first-order valence-corrected chi connectivity index (χ1v) is 9.14. The Hall–Kier alpha value is -2.01. The third-order valence-corrected chi connectivity index (χ3v) is 4.62. The van der Waals surface area contributed by atoms with Crippen LogP contribution in [0.5, 0.6) is 0 Å². The number of nitrogens with one attached hydrogen (secondary N) is 2. The Kier molecular flexibility index (Phi) is 5.75. The Morgan fingerprint density at radius 2 is 1.79 bits per heavy atom. The zero-order valence-corrected chi connectivity index (χ0v) is 15.2. The van der Waals surface area contributed by atoms with Gasteiger partial charge in [-0.1, -0.05) is 22.0 Å². The fourth-order valence-electron chi connectivity index (χ4n) is 2.88. The largest absolute Gasteiger partial charge is 0.385 e. The quantitative estimate of drug-likeness (QED) is 0.767. The summed E-state index contributed by atoms with van der Waals surface area (Å²) in [5, 5.41) is 6.20. The molecule has 1 amide bonds. The first-order chi connectivity index (χ1) is 11.7. The predicted molar refractivity (Wildman–Crippen MR) is 104 cm³/mol. The average molecular weight is 388 g/mol. The number of carbonyl (C=O) groups is 1. The van der Waals surface area contributed by atoms with E-state index in [0.29, 0.717) is 13.0 Å². The molecule has 1 saturated heterocycles. The van der Waals surface area contributed by atoms with Crippen LogP contribution >= 0.6 is 15.9 Å². The molecule has 24 heavy (non-hydrogen) atoms. The maximum absolute atomic E-state index is 12.0. The van der Waals surface area contributed by atoms with Crippen molar-refractivity contribution < 1.29 is 4.79 Å². The van der Waals surface area contributed by atoms with Crippen LogP contribution < -0.4 is 15.5 Å². The summed E-state index contributed by atoms with van der Waals surface area (Å²) in [5.74, 6) is 0.00860. The lowest BCUT2D eigenvalue weighted by molar-refractivity contribution is -0.115. The lowest BCUT2D eigenvalue weighted by atomic mass is 10.2. The molecule has 0 atom stereocenters. The van der Waals surface area contributed by atoms with Gasteiger partial charge in [0.1, 0.15) is 0 Å². The predicted octanol–water partition coefficient (Wildman–Crippen LogP) is 4.49. The molecule has 5 heteroatoms. The van der Waals surface area contributed by atoms with Crippen molar-refractivity contribution in [2.45, 2.75) is 19.3 Å². The molecule has 4 nitrogen and oxygen atoms in total. The standard InChI is InChI=1S/C19H22BrN3O/c20-15-4-3-5-17(14-15)22-19(24)10-11-21-16-6-8-18(9-7-16)23-12-1-2-13-23/h3-9,14,21H,1-2,10-13H2,(H,22,24). The molecule has 1 aliphatic heterocycles. The minimum atomic E-state index is 0.00860.